The van der Waals surface area contributed by atoms with E-state index >= 15 is 0 Å². The third kappa shape index (κ3) is 3.17. The number of aromatic nitrogens is 2. The van der Waals surface area contributed by atoms with Crippen LogP contribution >= 0.6 is 12.2 Å². The maximum absolute atomic E-state index is 10.3. The van der Waals surface area contributed by atoms with Crippen LogP contribution in [0.15, 0.2) is 24.4 Å². The Morgan fingerprint density at radius 3 is 3.11 bits per heavy atom. The van der Waals surface area contributed by atoms with E-state index in [9.17, 15) is 4.79 Å². The first-order valence-corrected chi connectivity index (χ1v) is 5.76. The third-order valence-corrected chi connectivity index (χ3v) is 2.57. The second-order valence-corrected chi connectivity index (χ2v) is 4.10. The summed E-state index contributed by atoms with van der Waals surface area (Å²) in [6, 6.07) is 5.68. The van der Waals surface area contributed by atoms with Crippen molar-refractivity contribution < 1.29 is 9.90 Å². The summed E-state index contributed by atoms with van der Waals surface area (Å²) in [5.74, 6) is -0.857. The number of carboxylic acids is 1. The maximum atomic E-state index is 10.3. The van der Waals surface area contributed by atoms with Crippen LogP contribution in [0.4, 0.5) is 5.69 Å². The van der Waals surface area contributed by atoms with E-state index < -0.39 is 5.97 Å². The molecule has 1 aromatic heterocycles. The summed E-state index contributed by atoms with van der Waals surface area (Å²) >= 11 is 5.05. The molecule has 4 N–H and O–H groups in total. The predicted octanol–water partition coefficient (Wildman–Crippen LogP) is 1.32. The lowest BCUT2D eigenvalue weighted by Gasteiger charge is -2.09. The second-order valence-electron chi connectivity index (χ2n) is 3.70. The molecular weight excluding hydrogens is 252 g/mol. The molecule has 0 unspecified atom stereocenters. The van der Waals surface area contributed by atoms with Crippen LogP contribution in [0.25, 0.3) is 10.9 Å². The first kappa shape index (κ1) is 12.3. The van der Waals surface area contributed by atoms with Crippen molar-refractivity contribution in [2.24, 2.45) is 0 Å². The molecule has 0 atom stereocenters. The molecule has 0 amide bonds. The van der Waals surface area contributed by atoms with Crippen LogP contribution in [0, 0.1) is 0 Å². The van der Waals surface area contributed by atoms with Crippen LogP contribution in [0.3, 0.4) is 0 Å². The molecule has 2 aromatic rings. The molecule has 0 bridgehead atoms. The molecule has 7 heteroatoms. The van der Waals surface area contributed by atoms with Crippen LogP contribution in [0.1, 0.15) is 6.42 Å². The van der Waals surface area contributed by atoms with Crippen molar-refractivity contribution in [1.29, 1.82) is 0 Å². The van der Waals surface area contributed by atoms with Crippen LogP contribution in [0.5, 0.6) is 0 Å². The highest BCUT2D eigenvalue weighted by molar-refractivity contribution is 7.80. The van der Waals surface area contributed by atoms with E-state index in [1.54, 1.807) is 6.20 Å². The van der Waals surface area contributed by atoms with Crippen molar-refractivity contribution in [1.82, 2.24) is 15.5 Å². The van der Waals surface area contributed by atoms with E-state index in [-0.39, 0.29) is 6.42 Å². The Kier molecular flexibility index (Phi) is 3.73. The van der Waals surface area contributed by atoms with Gasteiger partial charge >= 0.3 is 5.97 Å². The zero-order chi connectivity index (χ0) is 13.0. The standard InChI is InChI=1S/C11H12N4O2S/c16-10(17)3-4-12-11(18)14-8-2-1-7-6-13-15-9(7)5-8/h1-2,5-6H,3-4H2,(H,13,15)(H,16,17)(H2,12,14,18). The smallest absolute Gasteiger partial charge is 0.305 e. The summed E-state index contributed by atoms with van der Waals surface area (Å²) in [6.07, 6.45) is 1.77. The number of benzene rings is 1. The summed E-state index contributed by atoms with van der Waals surface area (Å²) < 4.78 is 0. The van der Waals surface area contributed by atoms with Crippen molar-refractivity contribution >= 4 is 39.9 Å². The molecule has 1 aromatic carbocycles. The van der Waals surface area contributed by atoms with Crippen LogP contribution in [-0.2, 0) is 4.79 Å². The highest BCUT2D eigenvalue weighted by Crippen LogP contribution is 2.16. The maximum Gasteiger partial charge on any atom is 0.305 e. The number of H-pyrrole nitrogens is 1. The van der Waals surface area contributed by atoms with Crippen molar-refractivity contribution in [3.63, 3.8) is 0 Å². The minimum Gasteiger partial charge on any atom is -0.481 e. The fourth-order valence-electron chi connectivity index (χ4n) is 1.47. The number of nitrogens with one attached hydrogen (secondary N) is 3. The fourth-order valence-corrected chi connectivity index (χ4v) is 1.69. The van der Waals surface area contributed by atoms with Crippen molar-refractivity contribution in [3.05, 3.63) is 24.4 Å². The highest BCUT2D eigenvalue weighted by Gasteiger charge is 2.01. The number of thiocarbonyl (C=S) groups is 1. The van der Waals surface area contributed by atoms with Gasteiger partial charge in [0.05, 0.1) is 18.1 Å². The van der Waals surface area contributed by atoms with Gasteiger partial charge in [-0.15, -0.1) is 0 Å². The van der Waals surface area contributed by atoms with Gasteiger partial charge in [0.25, 0.3) is 0 Å². The first-order chi connectivity index (χ1) is 8.65. The number of anilines is 1. The molecule has 94 valence electrons. The molecule has 1 heterocycles. The second kappa shape index (κ2) is 5.46. The van der Waals surface area contributed by atoms with E-state index in [1.807, 2.05) is 18.2 Å². The number of aliphatic carboxylic acids is 1. The average molecular weight is 264 g/mol. The van der Waals surface area contributed by atoms with Crippen molar-refractivity contribution in [3.8, 4) is 0 Å². The van der Waals surface area contributed by atoms with E-state index in [1.165, 1.54) is 0 Å². The largest absolute Gasteiger partial charge is 0.481 e. The molecule has 2 rings (SSSR count). The van der Waals surface area contributed by atoms with Gasteiger partial charge in [-0.25, -0.2) is 0 Å². The van der Waals surface area contributed by atoms with Crippen LogP contribution in [0.2, 0.25) is 0 Å². The average Bonchev–Trinajstić information content (AvgIpc) is 2.75. The van der Waals surface area contributed by atoms with Gasteiger partial charge in [-0.2, -0.15) is 5.10 Å². The van der Waals surface area contributed by atoms with Crippen LogP contribution in [-0.4, -0.2) is 32.9 Å². The van der Waals surface area contributed by atoms with Gasteiger partial charge in [-0.1, -0.05) is 0 Å². The molecule has 0 saturated heterocycles. The minimum atomic E-state index is -0.857. The quantitative estimate of drug-likeness (QED) is 0.623. The molecule has 0 saturated carbocycles. The Balaban J connectivity index is 1.91. The Labute approximate surface area is 108 Å². The lowest BCUT2D eigenvalue weighted by Crippen LogP contribution is -2.30. The Morgan fingerprint density at radius 1 is 1.50 bits per heavy atom. The van der Waals surface area contributed by atoms with Gasteiger partial charge in [-0.05, 0) is 30.4 Å². The molecule has 6 nitrogen and oxygen atoms in total. The topological polar surface area (TPSA) is 90.0 Å². The SMILES string of the molecule is O=C(O)CCNC(=S)Nc1ccc2cn[nH]c2c1. The lowest BCUT2D eigenvalue weighted by atomic mass is 10.2. The molecule has 0 aliphatic heterocycles. The lowest BCUT2D eigenvalue weighted by molar-refractivity contribution is -0.136. The number of nitrogens with zero attached hydrogens (tertiary/aromatic N) is 1. The van der Waals surface area contributed by atoms with Crippen LogP contribution < -0.4 is 10.6 Å². The monoisotopic (exact) mass is 264 g/mol. The number of fused-ring (bicyclic) bond motifs is 1. The zero-order valence-corrected chi connectivity index (χ0v) is 10.3. The van der Waals surface area contributed by atoms with E-state index in [2.05, 4.69) is 20.8 Å². The molecule has 0 radical (unpaired) electrons. The van der Waals surface area contributed by atoms with Gasteiger partial charge in [0, 0.05) is 17.6 Å². The summed E-state index contributed by atoms with van der Waals surface area (Å²) in [4.78, 5) is 10.3. The normalized spacial score (nSPS) is 10.2. The number of rotatable bonds is 4. The van der Waals surface area contributed by atoms with E-state index in [4.69, 9.17) is 17.3 Å². The summed E-state index contributed by atoms with van der Waals surface area (Å²) in [7, 11) is 0. The summed E-state index contributed by atoms with van der Waals surface area (Å²) in [5.41, 5.74) is 1.73. The van der Waals surface area contributed by atoms with E-state index in [0.29, 0.717) is 11.7 Å². The zero-order valence-electron chi connectivity index (χ0n) is 9.43. The van der Waals surface area contributed by atoms with E-state index in [0.717, 1.165) is 16.6 Å². The molecule has 0 spiro atoms. The van der Waals surface area contributed by atoms with Crippen molar-refractivity contribution in [2.45, 2.75) is 6.42 Å². The first-order valence-electron chi connectivity index (χ1n) is 5.35. The molecule has 18 heavy (non-hydrogen) atoms. The summed E-state index contributed by atoms with van der Waals surface area (Å²) in [5, 5.41) is 22.5. The number of carbonyl (C=O) groups is 1. The molecule has 0 aliphatic carbocycles. The molecule has 0 fully saturated rings. The Bertz CT molecular complexity index is 581. The molecule has 0 aliphatic rings. The van der Waals surface area contributed by atoms with Crippen molar-refractivity contribution in [2.75, 3.05) is 11.9 Å². The Morgan fingerprint density at radius 2 is 2.33 bits per heavy atom. The highest BCUT2D eigenvalue weighted by atomic mass is 32.1. The predicted molar refractivity (Wildman–Crippen MR) is 72.6 cm³/mol. The molecular formula is C11H12N4O2S. The van der Waals surface area contributed by atoms with Gasteiger partial charge in [0.1, 0.15) is 0 Å². The summed E-state index contributed by atoms with van der Waals surface area (Å²) in [6.45, 7) is 0.299. The third-order valence-electron chi connectivity index (χ3n) is 2.32. The number of aromatic amines is 1. The number of hydrogen-bond donors (Lipinski definition) is 4. The minimum absolute atomic E-state index is 0.0292. The Hall–Kier alpha value is -2.15. The van der Waals surface area contributed by atoms with Gasteiger partial charge < -0.3 is 15.7 Å². The number of carboxylic acid groups (broad SMARTS) is 1. The van der Waals surface area contributed by atoms with Gasteiger partial charge in [0.15, 0.2) is 5.11 Å². The van der Waals surface area contributed by atoms with Gasteiger partial charge in [-0.3, -0.25) is 9.89 Å². The number of hydrogen-bond acceptors (Lipinski definition) is 3. The fraction of sp³-hybridized carbons (Fsp3) is 0.182. The van der Waals surface area contributed by atoms with Gasteiger partial charge in [0.2, 0.25) is 0 Å².